The average molecular weight is 265 g/mol. The minimum atomic E-state index is -1.37. The lowest BCUT2D eigenvalue weighted by Gasteiger charge is -2.08. The zero-order chi connectivity index (χ0) is 13.8. The smallest absolute Gasteiger partial charge is 0.341 e. The van der Waals surface area contributed by atoms with Crippen molar-refractivity contribution in [1.29, 1.82) is 0 Å². The van der Waals surface area contributed by atoms with E-state index in [4.69, 9.17) is 9.84 Å². The number of hydrogen-bond acceptors (Lipinski definition) is 3. The van der Waals surface area contributed by atoms with Crippen LogP contribution >= 0.6 is 0 Å². The molecule has 2 rings (SSSR count). The van der Waals surface area contributed by atoms with Gasteiger partial charge in [-0.3, -0.25) is 0 Å². The van der Waals surface area contributed by atoms with Gasteiger partial charge in [-0.2, -0.15) is 0 Å². The normalized spacial score (nSPS) is 10.2. The molecule has 4 nitrogen and oxygen atoms in total. The molecule has 1 aromatic heterocycles. The molecule has 0 spiro atoms. The zero-order valence-corrected chi connectivity index (χ0v) is 9.64. The van der Waals surface area contributed by atoms with Crippen molar-refractivity contribution in [2.24, 2.45) is 0 Å². The molecule has 0 radical (unpaired) electrons. The van der Waals surface area contributed by atoms with E-state index < -0.39 is 23.2 Å². The molecule has 1 heterocycles. The van der Waals surface area contributed by atoms with E-state index in [0.29, 0.717) is 0 Å². The molecule has 0 fully saturated rings. The largest absolute Gasteiger partial charge is 0.477 e. The summed E-state index contributed by atoms with van der Waals surface area (Å²) < 4.78 is 31.4. The van der Waals surface area contributed by atoms with Crippen LogP contribution in [0.25, 0.3) is 0 Å². The van der Waals surface area contributed by atoms with Gasteiger partial charge in [0.05, 0.1) is 6.20 Å². The summed E-state index contributed by atoms with van der Waals surface area (Å²) in [6.45, 7) is -0.189. The SMILES string of the molecule is O=C(O)c1cc(F)cnc1OCc1ccccc1F. The maximum absolute atomic E-state index is 13.3. The lowest BCUT2D eigenvalue weighted by atomic mass is 10.2. The van der Waals surface area contributed by atoms with Gasteiger partial charge in [-0.15, -0.1) is 0 Å². The lowest BCUT2D eigenvalue weighted by Crippen LogP contribution is -2.06. The zero-order valence-electron chi connectivity index (χ0n) is 9.64. The summed E-state index contributed by atoms with van der Waals surface area (Å²) in [5, 5.41) is 8.88. The van der Waals surface area contributed by atoms with E-state index in [9.17, 15) is 13.6 Å². The third kappa shape index (κ3) is 3.04. The van der Waals surface area contributed by atoms with Crippen LogP contribution in [0.5, 0.6) is 5.88 Å². The molecule has 0 bridgehead atoms. The molecule has 0 unspecified atom stereocenters. The molecule has 19 heavy (non-hydrogen) atoms. The Morgan fingerprint density at radius 3 is 2.74 bits per heavy atom. The Morgan fingerprint density at radius 1 is 1.32 bits per heavy atom. The predicted octanol–water partition coefficient (Wildman–Crippen LogP) is 2.64. The van der Waals surface area contributed by atoms with Crippen molar-refractivity contribution in [3.63, 3.8) is 0 Å². The van der Waals surface area contributed by atoms with E-state index in [1.54, 1.807) is 6.07 Å². The number of benzene rings is 1. The van der Waals surface area contributed by atoms with Crippen LogP contribution in [0.2, 0.25) is 0 Å². The van der Waals surface area contributed by atoms with Crippen molar-refractivity contribution >= 4 is 5.97 Å². The van der Waals surface area contributed by atoms with Crippen LogP contribution in [0.3, 0.4) is 0 Å². The molecule has 0 aliphatic heterocycles. The van der Waals surface area contributed by atoms with E-state index in [1.807, 2.05) is 0 Å². The molecule has 98 valence electrons. The summed E-state index contributed by atoms with van der Waals surface area (Å²) in [5.41, 5.74) is -0.152. The first-order valence-electron chi connectivity index (χ1n) is 5.33. The minimum absolute atomic E-state index is 0.189. The molecule has 2 aromatic rings. The number of halogens is 2. The van der Waals surface area contributed by atoms with Crippen LogP contribution in [-0.4, -0.2) is 16.1 Å². The van der Waals surface area contributed by atoms with Gasteiger partial charge in [0.15, 0.2) is 0 Å². The number of ether oxygens (including phenoxy) is 1. The van der Waals surface area contributed by atoms with Gasteiger partial charge in [0, 0.05) is 5.56 Å². The van der Waals surface area contributed by atoms with Gasteiger partial charge in [0.1, 0.15) is 23.8 Å². The van der Waals surface area contributed by atoms with Crippen LogP contribution in [-0.2, 0) is 6.61 Å². The van der Waals surface area contributed by atoms with Crippen LogP contribution in [0, 0.1) is 11.6 Å². The number of rotatable bonds is 4. The van der Waals surface area contributed by atoms with E-state index in [1.165, 1.54) is 18.2 Å². The van der Waals surface area contributed by atoms with Gasteiger partial charge >= 0.3 is 5.97 Å². The molecule has 1 N–H and O–H groups in total. The highest BCUT2D eigenvalue weighted by Crippen LogP contribution is 2.18. The lowest BCUT2D eigenvalue weighted by molar-refractivity contribution is 0.0690. The van der Waals surface area contributed by atoms with E-state index in [-0.39, 0.29) is 18.1 Å². The number of carboxylic acids is 1. The summed E-state index contributed by atoms with van der Waals surface area (Å²) in [6.07, 6.45) is 0.836. The summed E-state index contributed by atoms with van der Waals surface area (Å²) >= 11 is 0. The monoisotopic (exact) mass is 265 g/mol. The first-order chi connectivity index (χ1) is 9.08. The number of hydrogen-bond donors (Lipinski definition) is 1. The van der Waals surface area contributed by atoms with Gasteiger partial charge in [-0.05, 0) is 12.1 Å². The molecular weight excluding hydrogens is 256 g/mol. The molecule has 0 amide bonds. The van der Waals surface area contributed by atoms with Crippen LogP contribution in [0.15, 0.2) is 36.5 Å². The Hall–Kier alpha value is -2.50. The fraction of sp³-hybridized carbons (Fsp3) is 0.0769. The Balaban J connectivity index is 2.20. The first kappa shape index (κ1) is 12.9. The quantitative estimate of drug-likeness (QED) is 0.923. The van der Waals surface area contributed by atoms with E-state index in [0.717, 1.165) is 12.3 Å². The van der Waals surface area contributed by atoms with Crippen LogP contribution in [0.4, 0.5) is 8.78 Å². The first-order valence-corrected chi connectivity index (χ1v) is 5.33. The van der Waals surface area contributed by atoms with Crippen LogP contribution < -0.4 is 4.74 Å². The number of carbonyl (C=O) groups is 1. The Bertz CT molecular complexity index is 617. The molecule has 0 saturated carbocycles. The van der Waals surface area contributed by atoms with Crippen molar-refractivity contribution in [2.75, 3.05) is 0 Å². The fourth-order valence-electron chi connectivity index (χ4n) is 1.46. The number of aromatic carboxylic acids is 1. The number of aromatic nitrogens is 1. The summed E-state index contributed by atoms with van der Waals surface area (Å²) in [7, 11) is 0. The molecule has 0 atom stereocenters. The van der Waals surface area contributed by atoms with Gasteiger partial charge in [0.25, 0.3) is 0 Å². The molecule has 0 saturated heterocycles. The van der Waals surface area contributed by atoms with Crippen molar-refractivity contribution in [3.05, 3.63) is 59.3 Å². The standard InChI is InChI=1S/C13H9F2NO3/c14-9-5-10(13(17)18)12(16-6-9)19-7-8-3-1-2-4-11(8)15/h1-6H,7H2,(H,17,18). The van der Waals surface area contributed by atoms with E-state index >= 15 is 0 Å². The fourth-order valence-corrected chi connectivity index (χ4v) is 1.46. The second-order valence-corrected chi connectivity index (χ2v) is 3.69. The Morgan fingerprint density at radius 2 is 2.05 bits per heavy atom. The van der Waals surface area contributed by atoms with Crippen molar-refractivity contribution in [2.45, 2.75) is 6.61 Å². The van der Waals surface area contributed by atoms with Crippen molar-refractivity contribution in [1.82, 2.24) is 4.98 Å². The summed E-state index contributed by atoms with van der Waals surface area (Å²) in [6, 6.07) is 6.70. The minimum Gasteiger partial charge on any atom is -0.477 e. The summed E-state index contributed by atoms with van der Waals surface area (Å²) in [5.74, 6) is -2.87. The maximum atomic E-state index is 13.3. The maximum Gasteiger partial charge on any atom is 0.341 e. The molecule has 0 aliphatic rings. The van der Waals surface area contributed by atoms with Crippen molar-refractivity contribution in [3.8, 4) is 5.88 Å². The predicted molar refractivity (Wildman–Crippen MR) is 61.9 cm³/mol. The number of pyridine rings is 1. The van der Waals surface area contributed by atoms with Crippen LogP contribution in [0.1, 0.15) is 15.9 Å². The highest BCUT2D eigenvalue weighted by molar-refractivity contribution is 5.90. The van der Waals surface area contributed by atoms with Gasteiger partial charge in [-0.25, -0.2) is 18.6 Å². The van der Waals surface area contributed by atoms with E-state index in [2.05, 4.69) is 4.98 Å². The highest BCUT2D eigenvalue weighted by Gasteiger charge is 2.14. The van der Waals surface area contributed by atoms with Gasteiger partial charge in [0.2, 0.25) is 5.88 Å². The molecular formula is C13H9F2NO3. The second kappa shape index (κ2) is 5.43. The Kier molecular flexibility index (Phi) is 3.70. The van der Waals surface area contributed by atoms with Crippen molar-refractivity contribution < 1.29 is 23.4 Å². The average Bonchev–Trinajstić information content (AvgIpc) is 2.38. The summed E-state index contributed by atoms with van der Waals surface area (Å²) in [4.78, 5) is 14.4. The number of carboxylic acid groups (broad SMARTS) is 1. The molecule has 0 aliphatic carbocycles. The third-order valence-electron chi connectivity index (χ3n) is 2.37. The molecule has 6 heteroatoms. The Labute approximate surface area is 107 Å². The highest BCUT2D eigenvalue weighted by atomic mass is 19.1. The number of nitrogens with zero attached hydrogens (tertiary/aromatic N) is 1. The second-order valence-electron chi connectivity index (χ2n) is 3.69. The van der Waals surface area contributed by atoms with Gasteiger partial charge in [-0.1, -0.05) is 18.2 Å². The topological polar surface area (TPSA) is 59.4 Å². The van der Waals surface area contributed by atoms with Gasteiger partial charge < -0.3 is 9.84 Å². The molecule has 1 aromatic carbocycles. The third-order valence-corrected chi connectivity index (χ3v) is 2.37.